The average molecular weight is 392 g/mol. The molecule has 1 atom stereocenters. The Kier molecular flexibility index (Phi) is 6.54. The van der Waals surface area contributed by atoms with E-state index in [2.05, 4.69) is 37.5 Å². The largest absolute Gasteiger partial charge is 0.356 e. The van der Waals surface area contributed by atoms with Crippen molar-refractivity contribution >= 4 is 30.2 Å². The zero-order chi connectivity index (χ0) is 19.2. The van der Waals surface area contributed by atoms with Gasteiger partial charge in [0.05, 0.1) is 23.3 Å². The molecule has 1 saturated heterocycles. The van der Waals surface area contributed by atoms with E-state index in [1.807, 2.05) is 6.07 Å². The minimum Gasteiger partial charge on any atom is -0.356 e. The van der Waals surface area contributed by atoms with Crippen molar-refractivity contribution in [1.29, 1.82) is 5.41 Å². The molecule has 0 saturated carbocycles. The molecule has 0 aliphatic carbocycles. The minimum atomic E-state index is -2.80. The smallest absolute Gasteiger partial charge is 0.279 e. The van der Waals surface area contributed by atoms with Gasteiger partial charge in [-0.25, -0.2) is 23.7 Å². The topological polar surface area (TPSA) is 81.6 Å². The van der Waals surface area contributed by atoms with Gasteiger partial charge in [-0.2, -0.15) is 12.6 Å². The highest BCUT2D eigenvalue weighted by Gasteiger charge is 2.21. The number of piperidine rings is 1. The first-order valence-electron chi connectivity index (χ1n) is 8.84. The molecule has 2 aromatic heterocycles. The molecule has 6 nitrogen and oxygen atoms in total. The van der Waals surface area contributed by atoms with Crippen molar-refractivity contribution in [3.8, 4) is 11.4 Å². The van der Waals surface area contributed by atoms with E-state index in [4.69, 9.17) is 5.41 Å². The van der Waals surface area contributed by atoms with Crippen LogP contribution in [0.3, 0.4) is 0 Å². The third-order valence-electron chi connectivity index (χ3n) is 4.56. The summed E-state index contributed by atoms with van der Waals surface area (Å²) < 4.78 is 24.7. The molecule has 144 valence electrons. The molecule has 0 aromatic carbocycles. The van der Waals surface area contributed by atoms with Gasteiger partial charge in [0.25, 0.3) is 6.43 Å². The fourth-order valence-corrected chi connectivity index (χ4v) is 3.52. The molecule has 2 N–H and O–H groups in total. The maximum atomic E-state index is 12.4. The van der Waals surface area contributed by atoms with Crippen molar-refractivity contribution in [2.75, 3.05) is 23.7 Å². The Labute approximate surface area is 162 Å². The number of H-pyrrole nitrogens is 1. The summed E-state index contributed by atoms with van der Waals surface area (Å²) >= 11 is 4.34. The van der Waals surface area contributed by atoms with Crippen molar-refractivity contribution in [2.24, 2.45) is 5.92 Å². The number of nitrogens with one attached hydrogen (secondary N) is 2. The number of rotatable bonds is 7. The summed E-state index contributed by atoms with van der Waals surface area (Å²) in [5.74, 6) is 2.78. The second kappa shape index (κ2) is 9.07. The number of aromatic nitrogens is 4. The van der Waals surface area contributed by atoms with Crippen LogP contribution in [0.15, 0.2) is 24.7 Å². The zero-order valence-corrected chi connectivity index (χ0v) is 15.7. The van der Waals surface area contributed by atoms with Crippen LogP contribution in [0.1, 0.15) is 25.1 Å². The molecule has 2 aromatic rings. The quantitative estimate of drug-likeness (QED) is 0.496. The van der Waals surface area contributed by atoms with Crippen LogP contribution in [0.4, 0.5) is 14.6 Å². The summed E-state index contributed by atoms with van der Waals surface area (Å²) in [4.78, 5) is 18.1. The number of imidazole rings is 1. The van der Waals surface area contributed by atoms with Crippen LogP contribution in [-0.4, -0.2) is 50.9 Å². The maximum absolute atomic E-state index is 12.4. The molecule has 0 bridgehead atoms. The van der Waals surface area contributed by atoms with Crippen LogP contribution in [0.5, 0.6) is 0 Å². The average Bonchev–Trinajstić information content (AvgIpc) is 3.16. The number of anilines is 1. The molecule has 1 aliphatic heterocycles. The highest BCUT2D eigenvalue weighted by Crippen LogP contribution is 2.26. The van der Waals surface area contributed by atoms with E-state index in [1.165, 1.54) is 18.8 Å². The van der Waals surface area contributed by atoms with Gasteiger partial charge < -0.3 is 9.88 Å². The van der Waals surface area contributed by atoms with Crippen molar-refractivity contribution in [2.45, 2.75) is 25.7 Å². The second-order valence-electron chi connectivity index (χ2n) is 6.50. The third-order valence-corrected chi connectivity index (χ3v) is 4.82. The normalized spacial score (nSPS) is 17.8. The Balaban J connectivity index is 1.73. The maximum Gasteiger partial charge on any atom is 0.279 e. The summed E-state index contributed by atoms with van der Waals surface area (Å²) in [5.41, 5.74) is 0.608. The number of hydrogen-bond acceptors (Lipinski definition) is 6. The first-order valence-corrected chi connectivity index (χ1v) is 9.48. The van der Waals surface area contributed by atoms with Crippen LogP contribution in [0.2, 0.25) is 0 Å². The third kappa shape index (κ3) is 5.12. The number of thiol groups is 1. The Bertz CT molecular complexity index is 805. The molecular weight excluding hydrogens is 370 g/mol. The van der Waals surface area contributed by atoms with E-state index in [9.17, 15) is 8.78 Å². The van der Waals surface area contributed by atoms with E-state index in [1.54, 1.807) is 6.20 Å². The van der Waals surface area contributed by atoms with Gasteiger partial charge in [0.2, 0.25) is 0 Å². The molecule has 27 heavy (non-hydrogen) atoms. The summed E-state index contributed by atoms with van der Waals surface area (Å²) in [7, 11) is 0. The van der Waals surface area contributed by atoms with Gasteiger partial charge in [0.1, 0.15) is 18.0 Å². The van der Waals surface area contributed by atoms with E-state index < -0.39 is 12.1 Å². The molecule has 3 heterocycles. The fourth-order valence-electron chi connectivity index (χ4n) is 3.15. The lowest BCUT2D eigenvalue weighted by molar-refractivity contribution is 0.226. The lowest BCUT2D eigenvalue weighted by atomic mass is 9.95. The van der Waals surface area contributed by atoms with E-state index in [0.29, 0.717) is 23.1 Å². The fraction of sp³-hybridized carbons (Fsp3) is 0.444. The Hall–Kier alpha value is -2.29. The van der Waals surface area contributed by atoms with E-state index >= 15 is 0 Å². The lowest BCUT2D eigenvalue weighted by Crippen LogP contribution is -2.36. The molecular formula is C18H22F2N6S. The molecule has 0 spiro atoms. The Morgan fingerprint density at radius 1 is 1.41 bits per heavy atom. The molecule has 0 amide bonds. The monoisotopic (exact) mass is 392 g/mol. The number of alkyl halides is 2. The van der Waals surface area contributed by atoms with Crippen LogP contribution in [0.25, 0.3) is 17.5 Å². The predicted molar refractivity (Wildman–Crippen MR) is 106 cm³/mol. The Morgan fingerprint density at radius 3 is 3.04 bits per heavy atom. The molecule has 3 rings (SSSR count). The zero-order valence-electron chi connectivity index (χ0n) is 14.8. The van der Waals surface area contributed by atoms with Gasteiger partial charge >= 0.3 is 0 Å². The first-order chi connectivity index (χ1) is 13.1. The standard InChI is InChI=1S/C18H22F2N6S/c19-18(20)13(21)3-4-16-22-9-15(25-16)14-8-17(24-11-23-14)26-6-1-2-12(10-26)5-7-27/h3-4,8-9,11-12,18,21,27H,1-2,5-7,10H2,(H,22,25)/b4-3-,21-13?. The van der Waals surface area contributed by atoms with Crippen molar-refractivity contribution in [3.05, 3.63) is 30.5 Å². The van der Waals surface area contributed by atoms with Crippen molar-refractivity contribution in [3.63, 3.8) is 0 Å². The molecule has 1 unspecified atom stereocenters. The van der Waals surface area contributed by atoms with E-state index in [-0.39, 0.29) is 0 Å². The Morgan fingerprint density at radius 2 is 2.26 bits per heavy atom. The highest BCUT2D eigenvalue weighted by atomic mass is 32.1. The van der Waals surface area contributed by atoms with Gasteiger partial charge in [-0.15, -0.1) is 0 Å². The summed E-state index contributed by atoms with van der Waals surface area (Å²) in [6.07, 6.45) is 6.16. The van der Waals surface area contributed by atoms with Gasteiger partial charge in [-0.05, 0) is 43.1 Å². The molecule has 1 aliphatic rings. The minimum absolute atomic E-state index is 0.391. The SMILES string of the molecule is N=C(/C=C\c1ncc(-c2cc(N3CCCC(CCS)C3)ncn2)[nH]1)C(F)F. The number of hydrogen-bond donors (Lipinski definition) is 3. The van der Waals surface area contributed by atoms with Gasteiger partial charge in [0, 0.05) is 19.2 Å². The molecule has 1 fully saturated rings. The van der Waals surface area contributed by atoms with Crippen molar-refractivity contribution in [1.82, 2.24) is 19.9 Å². The van der Waals surface area contributed by atoms with Gasteiger partial charge in [0.15, 0.2) is 0 Å². The van der Waals surface area contributed by atoms with Crippen LogP contribution >= 0.6 is 12.6 Å². The molecule has 9 heteroatoms. The number of halogens is 2. The number of aromatic amines is 1. The van der Waals surface area contributed by atoms with Crippen LogP contribution < -0.4 is 4.90 Å². The predicted octanol–water partition coefficient (Wildman–Crippen LogP) is 3.70. The summed E-state index contributed by atoms with van der Waals surface area (Å²) in [5, 5.41) is 7.14. The number of allylic oxidation sites excluding steroid dienone is 1. The first kappa shape index (κ1) is 19.5. The van der Waals surface area contributed by atoms with Gasteiger partial charge in [-0.3, -0.25) is 5.41 Å². The summed E-state index contributed by atoms with van der Waals surface area (Å²) in [6.45, 7) is 1.93. The highest BCUT2D eigenvalue weighted by molar-refractivity contribution is 7.80. The van der Waals surface area contributed by atoms with Gasteiger partial charge in [-0.1, -0.05) is 0 Å². The van der Waals surface area contributed by atoms with Crippen LogP contribution in [0, 0.1) is 11.3 Å². The van der Waals surface area contributed by atoms with Crippen molar-refractivity contribution < 1.29 is 8.78 Å². The van der Waals surface area contributed by atoms with Crippen LogP contribution in [-0.2, 0) is 0 Å². The lowest BCUT2D eigenvalue weighted by Gasteiger charge is -2.33. The van der Waals surface area contributed by atoms with E-state index in [0.717, 1.165) is 43.6 Å². The number of nitrogens with zero attached hydrogens (tertiary/aromatic N) is 4. The second-order valence-corrected chi connectivity index (χ2v) is 6.95. The molecule has 0 radical (unpaired) electrons. The summed E-state index contributed by atoms with van der Waals surface area (Å²) in [6, 6.07) is 1.91.